The lowest BCUT2D eigenvalue weighted by Crippen LogP contribution is -2.32. The smallest absolute Gasteiger partial charge is 0.139 e. The van der Waals surface area contributed by atoms with Crippen LogP contribution in [0.2, 0.25) is 0 Å². The standard InChI is InChI=1S/C25H24BrN5O2/c1-18(25-14-20-6-2-3-8-24(20)33-25)12-21(7-4-5-11-27)31(30-16-28-29-17-30)15-19-9-10-23(32)22(26)13-19/h3-4,7-10,12-14,16-18,32H,2,5-6,15H2,1H3. The number of fused-ring (bicyclic) bond motifs is 1. The molecule has 0 spiro atoms. The number of furan rings is 1. The second kappa shape index (κ2) is 10.4. The summed E-state index contributed by atoms with van der Waals surface area (Å²) in [4.78, 5) is 0. The van der Waals surface area contributed by atoms with Gasteiger partial charge in [0, 0.05) is 5.92 Å². The van der Waals surface area contributed by atoms with Crippen LogP contribution in [0.15, 0.2) is 75.8 Å². The molecule has 8 heteroatoms. The lowest BCUT2D eigenvalue weighted by atomic mass is 10.0. The van der Waals surface area contributed by atoms with Gasteiger partial charge in [-0.15, -0.1) is 10.2 Å². The van der Waals surface area contributed by atoms with Gasteiger partial charge in [-0.25, -0.2) is 4.68 Å². The highest BCUT2D eigenvalue weighted by Crippen LogP contribution is 2.30. The minimum atomic E-state index is -0.00345. The van der Waals surface area contributed by atoms with Crippen LogP contribution in [0.1, 0.15) is 48.3 Å². The molecule has 0 saturated heterocycles. The molecular formula is C25H24BrN5O2. The van der Waals surface area contributed by atoms with Gasteiger partial charge in [-0.05, 0) is 76.3 Å². The molecule has 4 rings (SSSR count). The van der Waals surface area contributed by atoms with E-state index in [-0.39, 0.29) is 11.7 Å². The highest BCUT2D eigenvalue weighted by Gasteiger charge is 2.18. The molecule has 3 aromatic rings. The Hall–Kier alpha value is -3.57. The van der Waals surface area contributed by atoms with E-state index in [4.69, 9.17) is 9.68 Å². The number of aromatic nitrogens is 3. The Morgan fingerprint density at radius 2 is 2.18 bits per heavy atom. The molecule has 0 bridgehead atoms. The second-order valence-electron chi connectivity index (χ2n) is 7.81. The Balaban J connectivity index is 1.71. The van der Waals surface area contributed by atoms with Crippen LogP contribution in [0.25, 0.3) is 6.08 Å². The average molecular weight is 506 g/mol. The predicted molar refractivity (Wildman–Crippen MR) is 130 cm³/mol. The van der Waals surface area contributed by atoms with Crippen LogP contribution in [0.3, 0.4) is 0 Å². The van der Waals surface area contributed by atoms with Crippen LogP contribution in [0, 0.1) is 11.3 Å². The summed E-state index contributed by atoms with van der Waals surface area (Å²) in [6.07, 6.45) is 15.6. The molecule has 2 aromatic heterocycles. The van der Waals surface area contributed by atoms with E-state index < -0.39 is 0 Å². The van der Waals surface area contributed by atoms with E-state index in [1.165, 1.54) is 5.56 Å². The van der Waals surface area contributed by atoms with Crippen molar-refractivity contribution in [3.8, 4) is 11.8 Å². The Labute approximate surface area is 201 Å². The van der Waals surface area contributed by atoms with Gasteiger partial charge in [0.2, 0.25) is 0 Å². The summed E-state index contributed by atoms with van der Waals surface area (Å²) in [5.41, 5.74) is 3.07. The van der Waals surface area contributed by atoms with E-state index in [0.717, 1.165) is 35.6 Å². The number of phenols is 1. The molecule has 1 atom stereocenters. The van der Waals surface area contributed by atoms with Crippen molar-refractivity contribution < 1.29 is 9.52 Å². The molecule has 1 unspecified atom stereocenters. The van der Waals surface area contributed by atoms with Gasteiger partial charge in [-0.3, -0.25) is 5.01 Å². The van der Waals surface area contributed by atoms with Gasteiger partial charge in [-0.1, -0.05) is 25.1 Å². The van der Waals surface area contributed by atoms with Crippen molar-refractivity contribution in [2.24, 2.45) is 0 Å². The molecule has 0 saturated carbocycles. The van der Waals surface area contributed by atoms with Crippen LogP contribution in [-0.2, 0) is 13.0 Å². The van der Waals surface area contributed by atoms with E-state index >= 15 is 0 Å². The molecule has 7 nitrogen and oxygen atoms in total. The first-order valence-corrected chi connectivity index (χ1v) is 11.5. The van der Waals surface area contributed by atoms with E-state index in [0.29, 0.717) is 17.4 Å². The molecule has 2 heterocycles. The largest absolute Gasteiger partial charge is 0.507 e. The van der Waals surface area contributed by atoms with Crippen molar-refractivity contribution >= 4 is 22.0 Å². The van der Waals surface area contributed by atoms with Gasteiger partial charge in [-0.2, -0.15) is 5.26 Å². The molecular weight excluding hydrogens is 482 g/mol. The zero-order chi connectivity index (χ0) is 23.2. The summed E-state index contributed by atoms with van der Waals surface area (Å²) >= 11 is 3.39. The topological polar surface area (TPSA) is 91.1 Å². The Kier molecular flexibility index (Phi) is 7.10. The number of phenolic OH excluding ortho intramolecular Hbond substituents is 1. The van der Waals surface area contributed by atoms with Gasteiger partial charge in [0.1, 0.15) is 29.9 Å². The van der Waals surface area contributed by atoms with Crippen LogP contribution in [-0.4, -0.2) is 20.0 Å². The van der Waals surface area contributed by atoms with Gasteiger partial charge >= 0.3 is 0 Å². The van der Waals surface area contributed by atoms with E-state index in [1.54, 1.807) is 23.4 Å². The molecule has 168 valence electrons. The summed E-state index contributed by atoms with van der Waals surface area (Å²) < 4.78 is 8.54. The number of nitrogens with zero attached hydrogens (tertiary/aromatic N) is 5. The van der Waals surface area contributed by atoms with Crippen molar-refractivity contribution in [1.82, 2.24) is 14.9 Å². The fraction of sp³-hybridized carbons (Fsp3) is 0.240. The molecule has 0 fully saturated rings. The number of halogens is 1. The van der Waals surface area contributed by atoms with Crippen molar-refractivity contribution in [2.45, 2.75) is 38.6 Å². The highest BCUT2D eigenvalue weighted by molar-refractivity contribution is 9.10. The quantitative estimate of drug-likeness (QED) is 0.401. The number of aryl methyl sites for hydroxylation is 1. The number of rotatable bonds is 8. The summed E-state index contributed by atoms with van der Waals surface area (Å²) in [6, 6.07) is 9.68. The average Bonchev–Trinajstić information content (AvgIpc) is 3.49. The summed E-state index contributed by atoms with van der Waals surface area (Å²) in [7, 11) is 0. The van der Waals surface area contributed by atoms with Crippen molar-refractivity contribution in [2.75, 3.05) is 5.01 Å². The molecule has 0 radical (unpaired) electrons. The van der Waals surface area contributed by atoms with Gasteiger partial charge < -0.3 is 9.52 Å². The Morgan fingerprint density at radius 3 is 2.91 bits per heavy atom. The lowest BCUT2D eigenvalue weighted by Gasteiger charge is -2.27. The Morgan fingerprint density at radius 1 is 1.36 bits per heavy atom. The van der Waals surface area contributed by atoms with Gasteiger partial charge in [0.15, 0.2) is 0 Å². The molecule has 1 aromatic carbocycles. The first-order chi connectivity index (χ1) is 16.0. The third-order valence-corrected chi connectivity index (χ3v) is 6.04. The number of hydrogen-bond donors (Lipinski definition) is 1. The maximum atomic E-state index is 9.87. The first-order valence-electron chi connectivity index (χ1n) is 10.7. The van der Waals surface area contributed by atoms with Gasteiger partial charge in [0.25, 0.3) is 0 Å². The number of aromatic hydroxyl groups is 1. The summed E-state index contributed by atoms with van der Waals surface area (Å²) in [5, 5.41) is 28.9. The normalized spacial score (nSPS) is 14.3. The van der Waals surface area contributed by atoms with Crippen LogP contribution >= 0.6 is 15.9 Å². The molecule has 0 aliphatic heterocycles. The van der Waals surface area contributed by atoms with Gasteiger partial charge in [0.05, 0.1) is 29.2 Å². The van der Waals surface area contributed by atoms with Crippen molar-refractivity contribution in [3.05, 3.63) is 94.0 Å². The molecule has 1 N–H and O–H groups in total. The molecule has 33 heavy (non-hydrogen) atoms. The third-order valence-electron chi connectivity index (χ3n) is 5.41. The van der Waals surface area contributed by atoms with E-state index in [2.05, 4.69) is 57.3 Å². The van der Waals surface area contributed by atoms with Crippen molar-refractivity contribution in [1.29, 1.82) is 5.26 Å². The van der Waals surface area contributed by atoms with E-state index in [9.17, 15) is 5.11 Å². The highest BCUT2D eigenvalue weighted by atomic mass is 79.9. The first kappa shape index (κ1) is 22.6. The number of allylic oxidation sites excluding steroid dienone is 4. The fourth-order valence-electron chi connectivity index (χ4n) is 3.70. The SMILES string of the molecule is CC(C=C(C=CCC#N)N(Cc1ccc(O)c(Br)c1)n1cnnc1)c1cc2c(o1)C=CCC2. The van der Waals surface area contributed by atoms with Crippen LogP contribution in [0.4, 0.5) is 0 Å². The minimum absolute atomic E-state index is 0.00345. The molecule has 1 aliphatic carbocycles. The van der Waals surface area contributed by atoms with Crippen molar-refractivity contribution in [3.63, 3.8) is 0 Å². The lowest BCUT2D eigenvalue weighted by molar-refractivity contribution is 0.471. The Bertz CT molecular complexity index is 1230. The maximum Gasteiger partial charge on any atom is 0.139 e. The monoisotopic (exact) mass is 505 g/mol. The third kappa shape index (κ3) is 5.44. The predicted octanol–water partition coefficient (Wildman–Crippen LogP) is 5.59. The maximum absolute atomic E-state index is 9.87. The van der Waals surface area contributed by atoms with Crippen LogP contribution in [0.5, 0.6) is 5.75 Å². The molecule has 0 amide bonds. The zero-order valence-corrected chi connectivity index (χ0v) is 19.8. The number of benzene rings is 1. The fourth-order valence-corrected chi connectivity index (χ4v) is 4.13. The molecule has 1 aliphatic rings. The zero-order valence-electron chi connectivity index (χ0n) is 18.2. The van der Waals surface area contributed by atoms with Crippen LogP contribution < -0.4 is 5.01 Å². The summed E-state index contributed by atoms with van der Waals surface area (Å²) in [6.45, 7) is 2.58. The minimum Gasteiger partial charge on any atom is -0.507 e. The number of hydrogen-bond acceptors (Lipinski definition) is 6. The number of nitriles is 1. The summed E-state index contributed by atoms with van der Waals surface area (Å²) in [5.74, 6) is 2.01. The second-order valence-corrected chi connectivity index (χ2v) is 8.66. The van der Waals surface area contributed by atoms with E-state index in [1.807, 2.05) is 35.4 Å².